The van der Waals surface area contributed by atoms with Crippen LogP contribution in [-0.2, 0) is 26.8 Å². The van der Waals surface area contributed by atoms with Crippen LogP contribution in [0.4, 0.5) is 11.4 Å². The highest BCUT2D eigenvalue weighted by Gasteiger charge is 2.52. The predicted molar refractivity (Wildman–Crippen MR) is 140 cm³/mol. The van der Waals surface area contributed by atoms with Crippen molar-refractivity contribution < 1.29 is 19.1 Å². The van der Waals surface area contributed by atoms with Gasteiger partial charge in [0.15, 0.2) is 0 Å². The van der Waals surface area contributed by atoms with Gasteiger partial charge in [-0.05, 0) is 98.3 Å². The number of anilines is 2. The van der Waals surface area contributed by atoms with E-state index in [1.807, 2.05) is 18.2 Å². The Labute approximate surface area is 222 Å². The second-order valence-electron chi connectivity index (χ2n) is 12.2. The highest BCUT2D eigenvalue weighted by atomic mass is 16.5. The van der Waals surface area contributed by atoms with Crippen LogP contribution in [0.15, 0.2) is 30.5 Å². The van der Waals surface area contributed by atoms with Crippen LogP contribution in [0.25, 0.3) is 0 Å². The Bertz CT molecular complexity index is 1270. The lowest BCUT2D eigenvalue weighted by atomic mass is 9.50. The summed E-state index contributed by atoms with van der Waals surface area (Å²) in [6.45, 7) is 1.13. The summed E-state index contributed by atoms with van der Waals surface area (Å²) in [6, 6.07) is 6.74. The topological polar surface area (TPSA) is 114 Å². The molecule has 4 bridgehead atoms. The van der Waals surface area contributed by atoms with E-state index in [1.54, 1.807) is 19.3 Å². The van der Waals surface area contributed by atoms with Crippen molar-refractivity contribution >= 4 is 29.1 Å². The van der Waals surface area contributed by atoms with Gasteiger partial charge in [0.2, 0.25) is 11.8 Å². The molecule has 200 valence electrons. The third-order valence-electron chi connectivity index (χ3n) is 10.1. The molecule has 2 aromatic rings. The Morgan fingerprint density at radius 3 is 2.45 bits per heavy atom. The molecule has 6 aliphatic rings. The summed E-state index contributed by atoms with van der Waals surface area (Å²) in [5.41, 5.74) is 2.25. The largest absolute Gasteiger partial charge is 0.381 e. The summed E-state index contributed by atoms with van der Waals surface area (Å²) in [5.74, 6) is 2.12. The first kappa shape index (κ1) is 23.9. The van der Waals surface area contributed by atoms with Gasteiger partial charge in [0, 0.05) is 37.8 Å². The van der Waals surface area contributed by atoms with Crippen molar-refractivity contribution in [2.45, 2.75) is 56.4 Å². The van der Waals surface area contributed by atoms with Crippen molar-refractivity contribution in [1.82, 2.24) is 15.1 Å². The number of nitrogens with one attached hydrogen (secondary N) is 3. The lowest BCUT2D eigenvalue weighted by molar-refractivity contribution is -0.125. The molecule has 1 atom stereocenters. The molecule has 1 aromatic carbocycles. The van der Waals surface area contributed by atoms with Crippen molar-refractivity contribution in [3.8, 4) is 0 Å². The van der Waals surface area contributed by atoms with E-state index >= 15 is 0 Å². The summed E-state index contributed by atoms with van der Waals surface area (Å²) in [5, 5.41) is 13.4. The molecule has 1 unspecified atom stereocenters. The van der Waals surface area contributed by atoms with E-state index in [0.717, 1.165) is 48.8 Å². The summed E-state index contributed by atoms with van der Waals surface area (Å²) in [6.07, 6.45) is 8.85. The van der Waals surface area contributed by atoms with E-state index < -0.39 is 11.5 Å². The molecule has 1 spiro atoms. The first-order valence-corrected chi connectivity index (χ1v) is 14.0. The van der Waals surface area contributed by atoms with Gasteiger partial charge in [0.1, 0.15) is 11.7 Å². The molecule has 1 saturated heterocycles. The molecule has 4 aliphatic carbocycles. The fourth-order valence-corrected chi connectivity index (χ4v) is 8.60. The normalized spacial score (nSPS) is 31.1. The first-order valence-electron chi connectivity index (χ1n) is 14.0. The van der Waals surface area contributed by atoms with E-state index in [-0.39, 0.29) is 23.6 Å². The quantitative estimate of drug-likeness (QED) is 0.564. The number of rotatable bonds is 5. The van der Waals surface area contributed by atoms with E-state index in [9.17, 15) is 14.4 Å². The molecule has 1 aromatic heterocycles. The van der Waals surface area contributed by atoms with Crippen molar-refractivity contribution in [2.75, 3.05) is 23.8 Å². The molecule has 3 N–H and O–H groups in total. The van der Waals surface area contributed by atoms with Crippen molar-refractivity contribution in [2.24, 2.45) is 36.6 Å². The number of hydrogen-bond acceptors (Lipinski definition) is 5. The van der Waals surface area contributed by atoms with Gasteiger partial charge in [-0.2, -0.15) is 5.10 Å². The number of aryl methyl sites for hydroxylation is 1. The maximum atomic E-state index is 13.9. The molecule has 3 amide bonds. The van der Waals surface area contributed by atoms with Crippen molar-refractivity contribution in [1.29, 1.82) is 0 Å². The monoisotopic (exact) mass is 517 g/mol. The SMILES string of the molecule is Cn1nccc1C(=O)NC(C(=O)Nc1ccc2c(c1)NC(=O)C21CCOCC1)C1C2CC3CC(C2)CC1C3. The third kappa shape index (κ3) is 3.77. The van der Waals surface area contributed by atoms with Gasteiger partial charge in [-0.3, -0.25) is 19.1 Å². The van der Waals surface area contributed by atoms with Crippen LogP contribution < -0.4 is 16.0 Å². The van der Waals surface area contributed by atoms with Gasteiger partial charge in [-0.25, -0.2) is 0 Å². The van der Waals surface area contributed by atoms with Crippen LogP contribution >= 0.6 is 0 Å². The fraction of sp³-hybridized carbons (Fsp3) is 0.586. The number of fused-ring (bicyclic) bond motifs is 2. The maximum absolute atomic E-state index is 13.9. The van der Waals surface area contributed by atoms with Gasteiger partial charge >= 0.3 is 0 Å². The number of benzene rings is 1. The van der Waals surface area contributed by atoms with E-state index in [1.165, 1.54) is 11.1 Å². The van der Waals surface area contributed by atoms with Crippen LogP contribution in [0.5, 0.6) is 0 Å². The number of hydrogen-bond donors (Lipinski definition) is 3. The lowest BCUT2D eigenvalue weighted by Crippen LogP contribution is -2.58. The molecule has 3 heterocycles. The summed E-state index contributed by atoms with van der Waals surface area (Å²) in [4.78, 5) is 40.2. The van der Waals surface area contributed by atoms with Crippen LogP contribution in [0, 0.1) is 29.6 Å². The highest BCUT2D eigenvalue weighted by Crippen LogP contribution is 2.57. The second-order valence-corrected chi connectivity index (χ2v) is 12.2. The molecule has 5 fully saturated rings. The number of carbonyl (C=O) groups excluding carboxylic acids is 3. The lowest BCUT2D eigenvalue weighted by Gasteiger charge is -2.56. The van der Waals surface area contributed by atoms with E-state index in [4.69, 9.17) is 4.74 Å². The Morgan fingerprint density at radius 1 is 1.08 bits per heavy atom. The molecule has 2 aliphatic heterocycles. The summed E-state index contributed by atoms with van der Waals surface area (Å²) < 4.78 is 7.05. The zero-order valence-electron chi connectivity index (χ0n) is 21.7. The van der Waals surface area contributed by atoms with Gasteiger partial charge in [-0.1, -0.05) is 6.07 Å². The predicted octanol–water partition coefficient (Wildman–Crippen LogP) is 3.23. The smallest absolute Gasteiger partial charge is 0.270 e. The maximum Gasteiger partial charge on any atom is 0.270 e. The molecule has 8 rings (SSSR count). The number of nitrogens with zero attached hydrogens (tertiary/aromatic N) is 2. The molecular formula is C29H35N5O4. The van der Waals surface area contributed by atoms with E-state index in [0.29, 0.717) is 49.3 Å². The summed E-state index contributed by atoms with van der Waals surface area (Å²) in [7, 11) is 1.73. The first-order chi connectivity index (χ1) is 18.4. The van der Waals surface area contributed by atoms with Crippen LogP contribution in [0.2, 0.25) is 0 Å². The molecular weight excluding hydrogens is 482 g/mol. The standard InChI is InChI=1S/C29H35N5O4/c1-34-23(4-7-30-34)26(35)33-25(24-18-11-16-10-17(13-18)14-19(24)12-16)27(36)31-20-2-3-21-22(15-20)32-28(37)29(21)5-8-38-9-6-29/h2-4,7,15-19,24-25H,5-6,8-14H2,1H3,(H,31,36)(H,32,37)(H,33,35). The number of carbonyl (C=O) groups is 3. The zero-order chi connectivity index (χ0) is 26.0. The minimum absolute atomic E-state index is 0.00851. The average molecular weight is 518 g/mol. The van der Waals surface area contributed by atoms with Gasteiger partial charge < -0.3 is 20.7 Å². The Balaban J connectivity index is 1.16. The zero-order valence-corrected chi connectivity index (χ0v) is 21.7. The minimum atomic E-state index is -0.628. The van der Waals surface area contributed by atoms with Crippen LogP contribution in [0.3, 0.4) is 0 Å². The molecule has 0 radical (unpaired) electrons. The number of aromatic nitrogens is 2. The highest BCUT2D eigenvalue weighted by molar-refractivity contribution is 6.07. The third-order valence-corrected chi connectivity index (χ3v) is 10.1. The van der Waals surface area contributed by atoms with Crippen molar-refractivity contribution in [3.05, 3.63) is 41.7 Å². The van der Waals surface area contributed by atoms with Crippen LogP contribution in [-0.4, -0.2) is 46.8 Å². The number of amides is 3. The Hall–Kier alpha value is -3.20. The van der Waals surface area contributed by atoms with Gasteiger partial charge in [0.25, 0.3) is 5.91 Å². The summed E-state index contributed by atoms with van der Waals surface area (Å²) >= 11 is 0. The van der Waals surface area contributed by atoms with Gasteiger partial charge in [-0.15, -0.1) is 0 Å². The molecule has 4 saturated carbocycles. The van der Waals surface area contributed by atoms with E-state index in [2.05, 4.69) is 21.0 Å². The van der Waals surface area contributed by atoms with Crippen LogP contribution in [0.1, 0.15) is 61.0 Å². The average Bonchev–Trinajstić information content (AvgIpc) is 3.43. The van der Waals surface area contributed by atoms with Crippen molar-refractivity contribution in [3.63, 3.8) is 0 Å². The molecule has 9 heteroatoms. The Morgan fingerprint density at radius 2 is 1.79 bits per heavy atom. The number of ether oxygens (including phenoxy) is 1. The fourth-order valence-electron chi connectivity index (χ4n) is 8.60. The molecule has 38 heavy (non-hydrogen) atoms. The van der Waals surface area contributed by atoms with Gasteiger partial charge in [0.05, 0.1) is 5.41 Å². The minimum Gasteiger partial charge on any atom is -0.381 e. The second kappa shape index (κ2) is 8.93. The Kier molecular flexibility index (Phi) is 5.61. The molecule has 9 nitrogen and oxygen atoms in total.